The highest BCUT2D eigenvalue weighted by Crippen LogP contribution is 2.39. The van der Waals surface area contributed by atoms with Crippen LogP contribution in [0.2, 0.25) is 0 Å². The van der Waals surface area contributed by atoms with Crippen molar-refractivity contribution in [3.8, 4) is 17.7 Å². The summed E-state index contributed by atoms with van der Waals surface area (Å²) in [4.78, 5) is 22.4. The average molecular weight is 493 g/mol. The summed E-state index contributed by atoms with van der Waals surface area (Å²) in [5, 5.41) is 20.0. The van der Waals surface area contributed by atoms with E-state index in [1.54, 1.807) is 32.0 Å². The van der Waals surface area contributed by atoms with E-state index < -0.39 is 5.82 Å². The number of carbonyl (C=O) groups is 1. The van der Waals surface area contributed by atoms with Crippen LogP contribution in [0.25, 0.3) is 11.0 Å². The minimum Gasteiger partial charge on any atom is -0.490 e. The molecule has 1 aliphatic heterocycles. The number of nitrogens with zero attached hydrogens (tertiary/aromatic N) is 3. The lowest BCUT2D eigenvalue weighted by Gasteiger charge is -2.21. The summed E-state index contributed by atoms with van der Waals surface area (Å²) in [6, 6.07) is 5.18. The standard InChI is InChI=1S/C26H29FN6O3/c1-6-35-19-10-15-11-33(24(29)20(15)21(27)23(19)36-7-2)12-18(34)14-8-16(26(3,4)5)22-17(9-14)31-25(32-22)30-13-28/h8-10,29H,6-7,11-12H2,1-5H3,(H2,30,31,32). The van der Waals surface area contributed by atoms with Crippen LogP contribution in [0.4, 0.5) is 10.3 Å². The summed E-state index contributed by atoms with van der Waals surface area (Å²) in [7, 11) is 0. The highest BCUT2D eigenvalue weighted by atomic mass is 19.1. The molecule has 2 aromatic carbocycles. The number of anilines is 1. The Bertz CT molecular complexity index is 1400. The largest absolute Gasteiger partial charge is 0.490 e. The number of benzene rings is 2. The maximum absolute atomic E-state index is 15.4. The first-order chi connectivity index (χ1) is 17.1. The molecule has 188 valence electrons. The normalized spacial score (nSPS) is 13.0. The maximum Gasteiger partial charge on any atom is 0.214 e. The van der Waals surface area contributed by atoms with E-state index in [-0.39, 0.29) is 53.8 Å². The lowest BCUT2D eigenvalue weighted by Crippen LogP contribution is -2.30. The van der Waals surface area contributed by atoms with Gasteiger partial charge < -0.3 is 19.4 Å². The van der Waals surface area contributed by atoms with E-state index in [4.69, 9.17) is 20.1 Å². The molecule has 10 heteroatoms. The predicted molar refractivity (Wildman–Crippen MR) is 134 cm³/mol. The molecular weight excluding hydrogens is 463 g/mol. The number of rotatable bonds is 8. The van der Waals surface area contributed by atoms with Crippen molar-refractivity contribution in [1.82, 2.24) is 14.9 Å². The Balaban J connectivity index is 1.66. The zero-order chi connectivity index (χ0) is 26.2. The van der Waals surface area contributed by atoms with Crippen LogP contribution in [-0.4, -0.2) is 46.2 Å². The Morgan fingerprint density at radius 2 is 2.00 bits per heavy atom. The van der Waals surface area contributed by atoms with Crippen LogP contribution < -0.4 is 14.8 Å². The zero-order valence-electron chi connectivity index (χ0n) is 21.0. The Labute approximate surface area is 208 Å². The molecule has 0 unspecified atom stereocenters. The van der Waals surface area contributed by atoms with Gasteiger partial charge in [-0.1, -0.05) is 20.8 Å². The first-order valence-corrected chi connectivity index (χ1v) is 11.8. The predicted octanol–water partition coefficient (Wildman–Crippen LogP) is 4.71. The maximum atomic E-state index is 15.4. The number of carbonyl (C=O) groups excluding carboxylic acids is 1. The number of aromatic nitrogens is 2. The van der Waals surface area contributed by atoms with Gasteiger partial charge in [0.05, 0.1) is 36.4 Å². The number of imidazole rings is 1. The molecule has 3 N–H and O–H groups in total. The van der Waals surface area contributed by atoms with Crippen molar-refractivity contribution in [3.05, 3.63) is 46.3 Å². The number of ether oxygens (including phenoxy) is 2. The van der Waals surface area contributed by atoms with Gasteiger partial charge in [-0.2, -0.15) is 5.26 Å². The second-order valence-corrected chi connectivity index (χ2v) is 9.54. The number of H-pyrrole nitrogens is 1. The number of amidine groups is 1. The van der Waals surface area contributed by atoms with Crippen molar-refractivity contribution in [2.24, 2.45) is 0 Å². The SMILES string of the molecule is CCOc1cc2c(c(F)c1OCC)C(=N)N(CC(=O)c1cc(C(C)(C)C)c3nc(NC#N)[nH]c3c1)C2. The molecular formula is C26H29FN6O3. The fraction of sp³-hybridized carbons (Fsp3) is 0.385. The van der Waals surface area contributed by atoms with Gasteiger partial charge in [-0.05, 0) is 48.6 Å². The lowest BCUT2D eigenvalue weighted by molar-refractivity contribution is 0.0962. The Kier molecular flexibility index (Phi) is 6.59. The van der Waals surface area contributed by atoms with E-state index in [1.807, 2.05) is 27.0 Å². The van der Waals surface area contributed by atoms with Crippen molar-refractivity contribution in [1.29, 1.82) is 10.7 Å². The smallest absolute Gasteiger partial charge is 0.214 e. The molecule has 3 aromatic rings. The molecule has 1 aromatic heterocycles. The van der Waals surface area contributed by atoms with Crippen LogP contribution in [-0.2, 0) is 12.0 Å². The Hall–Kier alpha value is -4.13. The van der Waals surface area contributed by atoms with Crippen molar-refractivity contribution in [2.45, 2.75) is 46.6 Å². The molecule has 9 nitrogen and oxygen atoms in total. The minimum absolute atomic E-state index is 0.0164. The third kappa shape index (κ3) is 4.44. The highest BCUT2D eigenvalue weighted by molar-refractivity contribution is 6.07. The number of ketones is 1. The average Bonchev–Trinajstić information content (AvgIpc) is 3.35. The summed E-state index contributed by atoms with van der Waals surface area (Å²) in [6.45, 7) is 10.3. The Morgan fingerprint density at radius 1 is 1.28 bits per heavy atom. The van der Waals surface area contributed by atoms with E-state index in [2.05, 4.69) is 15.3 Å². The van der Waals surface area contributed by atoms with E-state index >= 15 is 4.39 Å². The van der Waals surface area contributed by atoms with Gasteiger partial charge in [0, 0.05) is 12.1 Å². The van der Waals surface area contributed by atoms with E-state index in [0.717, 1.165) is 5.56 Å². The number of aromatic amines is 1. The van der Waals surface area contributed by atoms with Crippen LogP contribution in [0.15, 0.2) is 18.2 Å². The number of halogens is 1. The minimum atomic E-state index is -0.649. The summed E-state index contributed by atoms with van der Waals surface area (Å²) in [5.41, 5.74) is 2.96. The lowest BCUT2D eigenvalue weighted by atomic mass is 9.84. The molecule has 0 radical (unpaired) electrons. The first kappa shape index (κ1) is 25.0. The third-order valence-electron chi connectivity index (χ3n) is 6.00. The summed E-state index contributed by atoms with van der Waals surface area (Å²) < 4.78 is 26.4. The summed E-state index contributed by atoms with van der Waals surface area (Å²) in [5.74, 6) is -0.372. The van der Waals surface area contributed by atoms with Gasteiger partial charge in [0.1, 0.15) is 5.84 Å². The molecule has 0 spiro atoms. The van der Waals surface area contributed by atoms with Gasteiger partial charge >= 0.3 is 0 Å². The second-order valence-electron chi connectivity index (χ2n) is 9.54. The quantitative estimate of drug-likeness (QED) is 0.236. The number of fused-ring (bicyclic) bond motifs is 2. The molecule has 0 fully saturated rings. The molecule has 0 saturated heterocycles. The monoisotopic (exact) mass is 492 g/mol. The first-order valence-electron chi connectivity index (χ1n) is 11.8. The molecule has 4 rings (SSSR count). The van der Waals surface area contributed by atoms with E-state index in [9.17, 15) is 4.79 Å². The van der Waals surface area contributed by atoms with Crippen molar-refractivity contribution >= 4 is 28.6 Å². The third-order valence-corrected chi connectivity index (χ3v) is 6.00. The van der Waals surface area contributed by atoms with Crippen LogP contribution in [0.5, 0.6) is 11.5 Å². The van der Waals surface area contributed by atoms with E-state index in [1.165, 1.54) is 4.90 Å². The van der Waals surface area contributed by atoms with Crippen molar-refractivity contribution < 1.29 is 18.7 Å². The van der Waals surface area contributed by atoms with Gasteiger partial charge in [-0.15, -0.1) is 0 Å². The van der Waals surface area contributed by atoms with Gasteiger partial charge in [0.25, 0.3) is 0 Å². The van der Waals surface area contributed by atoms with Gasteiger partial charge in [0.2, 0.25) is 5.95 Å². The van der Waals surface area contributed by atoms with Crippen LogP contribution >= 0.6 is 0 Å². The van der Waals surface area contributed by atoms with Gasteiger partial charge in [-0.3, -0.25) is 15.5 Å². The molecule has 0 bridgehead atoms. The molecule has 0 amide bonds. The fourth-order valence-corrected chi connectivity index (χ4v) is 4.39. The number of nitrogens with one attached hydrogen (secondary N) is 3. The molecule has 36 heavy (non-hydrogen) atoms. The van der Waals surface area contributed by atoms with Gasteiger partial charge in [-0.25, -0.2) is 9.37 Å². The van der Waals surface area contributed by atoms with Crippen LogP contribution in [0.1, 0.15) is 61.7 Å². The van der Waals surface area contributed by atoms with Crippen molar-refractivity contribution in [3.63, 3.8) is 0 Å². The number of Topliss-reactive ketones (excluding diaryl/α,β-unsaturated/α-hetero) is 1. The van der Waals surface area contributed by atoms with Gasteiger partial charge in [0.15, 0.2) is 29.3 Å². The number of hydrogen-bond donors (Lipinski definition) is 3. The summed E-state index contributed by atoms with van der Waals surface area (Å²) >= 11 is 0. The molecule has 0 saturated carbocycles. The van der Waals surface area contributed by atoms with E-state index in [0.29, 0.717) is 34.7 Å². The molecule has 0 aliphatic carbocycles. The fourth-order valence-electron chi connectivity index (χ4n) is 4.39. The molecule has 2 heterocycles. The van der Waals surface area contributed by atoms with Crippen LogP contribution in [0, 0.1) is 22.7 Å². The zero-order valence-corrected chi connectivity index (χ0v) is 21.0. The second kappa shape index (κ2) is 9.49. The molecule has 1 aliphatic rings. The highest BCUT2D eigenvalue weighted by Gasteiger charge is 2.33. The van der Waals surface area contributed by atoms with Crippen LogP contribution in [0.3, 0.4) is 0 Å². The van der Waals surface area contributed by atoms with Crippen molar-refractivity contribution in [2.75, 3.05) is 25.1 Å². The topological polar surface area (TPSA) is 127 Å². The summed E-state index contributed by atoms with van der Waals surface area (Å²) in [6.07, 6.45) is 1.84. The number of hydrogen-bond acceptors (Lipinski definition) is 7. The Morgan fingerprint density at radius 3 is 2.64 bits per heavy atom. The molecule has 0 atom stereocenters. The number of nitriles is 1.